The molecule has 2 bridgehead atoms. The molecule has 0 amide bonds. The van der Waals surface area contributed by atoms with Crippen molar-refractivity contribution in [1.82, 2.24) is 0 Å². The van der Waals surface area contributed by atoms with E-state index in [1.54, 1.807) is 13.0 Å². The molecule has 8 nitrogen and oxygen atoms in total. The summed E-state index contributed by atoms with van der Waals surface area (Å²) in [5.74, 6) is -2.31. The first-order valence-corrected chi connectivity index (χ1v) is 16.4. The number of fused-ring (bicyclic) bond motifs is 2. The van der Waals surface area contributed by atoms with E-state index in [-0.39, 0.29) is 43.5 Å². The summed E-state index contributed by atoms with van der Waals surface area (Å²) in [7, 11) is 0. The van der Waals surface area contributed by atoms with Gasteiger partial charge in [-0.15, -0.1) is 0 Å². The zero-order valence-corrected chi connectivity index (χ0v) is 27.4. The van der Waals surface area contributed by atoms with Crippen LogP contribution < -0.4 is 0 Å². The number of carbonyl (C=O) groups excluding carboxylic acids is 1. The second kappa shape index (κ2) is 13.0. The van der Waals surface area contributed by atoms with Crippen molar-refractivity contribution in [1.29, 1.82) is 0 Å². The van der Waals surface area contributed by atoms with Crippen molar-refractivity contribution in [3.63, 3.8) is 0 Å². The van der Waals surface area contributed by atoms with Crippen molar-refractivity contribution in [3.05, 3.63) is 58.7 Å². The summed E-state index contributed by atoms with van der Waals surface area (Å²) in [6.45, 7) is 14.4. The van der Waals surface area contributed by atoms with Crippen molar-refractivity contribution < 1.29 is 39.1 Å². The largest absolute Gasteiger partial charge is 0.462 e. The Balaban J connectivity index is 1.52. The molecule has 8 heteroatoms. The molecule has 44 heavy (non-hydrogen) atoms. The number of aliphatic hydroxyl groups is 3. The maximum atomic E-state index is 14.0. The topological polar surface area (TPSA) is 115 Å². The Morgan fingerprint density at radius 2 is 1.86 bits per heavy atom. The number of allylic oxidation sites excluding steroid dienone is 5. The first kappa shape index (κ1) is 33.3. The maximum absolute atomic E-state index is 14.0. The average molecular weight is 613 g/mol. The highest BCUT2D eigenvalue weighted by Crippen LogP contribution is 2.47. The highest BCUT2D eigenvalue weighted by Gasteiger charge is 2.60. The minimum Gasteiger partial charge on any atom is -0.462 e. The number of aliphatic hydroxyl groups excluding tert-OH is 2. The normalized spacial score (nSPS) is 43.7. The highest BCUT2D eigenvalue weighted by atomic mass is 16.7. The molecule has 4 aliphatic heterocycles. The average Bonchev–Trinajstić information content (AvgIpc) is 3.27. The lowest BCUT2D eigenvalue weighted by Crippen LogP contribution is -2.59. The van der Waals surface area contributed by atoms with Crippen molar-refractivity contribution in [2.75, 3.05) is 6.61 Å². The summed E-state index contributed by atoms with van der Waals surface area (Å²) in [5, 5.41) is 34.3. The minimum absolute atomic E-state index is 0.109. The second-order valence-corrected chi connectivity index (χ2v) is 14.4. The fraction of sp³-hybridized carbons (Fsp3) is 0.694. The fourth-order valence-corrected chi connectivity index (χ4v) is 7.85. The van der Waals surface area contributed by atoms with Gasteiger partial charge < -0.3 is 34.3 Å². The van der Waals surface area contributed by atoms with Crippen molar-refractivity contribution in [3.8, 4) is 0 Å². The zero-order valence-electron chi connectivity index (χ0n) is 27.4. The summed E-state index contributed by atoms with van der Waals surface area (Å²) >= 11 is 0. The summed E-state index contributed by atoms with van der Waals surface area (Å²) in [4.78, 5) is 14.0. The van der Waals surface area contributed by atoms with Crippen LogP contribution >= 0.6 is 0 Å². The summed E-state index contributed by atoms with van der Waals surface area (Å²) < 4.78 is 25.7. The molecule has 11 atom stereocenters. The Morgan fingerprint density at radius 1 is 1.11 bits per heavy atom. The molecule has 1 spiro atoms. The molecule has 4 heterocycles. The molecule has 0 radical (unpaired) electrons. The molecule has 3 fully saturated rings. The van der Waals surface area contributed by atoms with Crippen LogP contribution in [-0.4, -0.2) is 75.9 Å². The highest BCUT2D eigenvalue weighted by molar-refractivity contribution is 5.78. The van der Waals surface area contributed by atoms with Gasteiger partial charge in [-0.1, -0.05) is 69.7 Å². The zero-order chi connectivity index (χ0) is 32.0. The fourth-order valence-electron chi connectivity index (χ4n) is 7.85. The third-order valence-corrected chi connectivity index (χ3v) is 10.1. The van der Waals surface area contributed by atoms with Gasteiger partial charge >= 0.3 is 5.97 Å². The lowest BCUT2D eigenvalue weighted by atomic mass is 9.71. The van der Waals surface area contributed by atoms with Gasteiger partial charge in [-0.05, 0) is 62.2 Å². The van der Waals surface area contributed by atoms with Crippen molar-refractivity contribution >= 4 is 5.97 Å². The summed E-state index contributed by atoms with van der Waals surface area (Å²) in [6, 6.07) is 0. The minimum atomic E-state index is -1.74. The van der Waals surface area contributed by atoms with Gasteiger partial charge in [0.15, 0.2) is 5.79 Å². The van der Waals surface area contributed by atoms with Crippen LogP contribution in [0.3, 0.4) is 0 Å². The lowest BCUT2D eigenvalue weighted by molar-refractivity contribution is -0.342. The number of carbonyl (C=O) groups is 1. The van der Waals surface area contributed by atoms with Crippen LogP contribution in [0.15, 0.2) is 58.7 Å². The predicted molar refractivity (Wildman–Crippen MR) is 167 cm³/mol. The van der Waals surface area contributed by atoms with Gasteiger partial charge in [-0.3, -0.25) is 4.79 Å². The summed E-state index contributed by atoms with van der Waals surface area (Å²) in [6.07, 6.45) is 10.4. The number of hydrogen-bond donors (Lipinski definition) is 3. The molecule has 9 unspecified atom stereocenters. The number of rotatable bonds is 2. The molecule has 0 aromatic heterocycles. The van der Waals surface area contributed by atoms with E-state index in [0.717, 1.165) is 12.0 Å². The van der Waals surface area contributed by atoms with E-state index >= 15 is 0 Å². The first-order chi connectivity index (χ1) is 20.7. The van der Waals surface area contributed by atoms with E-state index in [1.165, 1.54) is 5.57 Å². The van der Waals surface area contributed by atoms with Crippen LogP contribution in [0.4, 0.5) is 0 Å². The van der Waals surface area contributed by atoms with Gasteiger partial charge in [0.25, 0.3) is 0 Å². The molecular weight excluding hydrogens is 560 g/mol. The second-order valence-electron chi connectivity index (χ2n) is 14.4. The Morgan fingerprint density at radius 3 is 2.59 bits per heavy atom. The quantitative estimate of drug-likeness (QED) is 0.292. The molecular formula is C36H52O8. The van der Waals surface area contributed by atoms with Crippen LogP contribution in [0.5, 0.6) is 0 Å². The van der Waals surface area contributed by atoms with Crippen LogP contribution in [-0.2, 0) is 23.7 Å². The van der Waals surface area contributed by atoms with E-state index < -0.39 is 47.7 Å². The Bertz CT molecular complexity index is 1240. The Labute approximate surface area is 262 Å². The van der Waals surface area contributed by atoms with Gasteiger partial charge in [0.1, 0.15) is 29.8 Å². The number of ether oxygens (including phenoxy) is 4. The predicted octanol–water partition coefficient (Wildman–Crippen LogP) is 5.09. The Kier molecular flexibility index (Phi) is 9.82. The van der Waals surface area contributed by atoms with Gasteiger partial charge in [-0.25, -0.2) is 0 Å². The molecule has 5 aliphatic rings. The summed E-state index contributed by atoms with van der Waals surface area (Å²) in [5.41, 5.74) is 1.64. The lowest BCUT2D eigenvalue weighted by Gasteiger charge is -2.51. The molecule has 0 saturated carbocycles. The number of esters is 1. The van der Waals surface area contributed by atoms with Crippen LogP contribution in [0.25, 0.3) is 0 Å². The molecule has 3 N–H and O–H groups in total. The van der Waals surface area contributed by atoms with Crippen LogP contribution in [0.1, 0.15) is 80.6 Å². The molecule has 0 aromatic carbocycles. The first-order valence-electron chi connectivity index (χ1n) is 16.4. The van der Waals surface area contributed by atoms with E-state index in [9.17, 15) is 20.1 Å². The van der Waals surface area contributed by atoms with E-state index in [0.29, 0.717) is 29.9 Å². The molecule has 5 rings (SSSR count). The third kappa shape index (κ3) is 6.58. The van der Waals surface area contributed by atoms with Gasteiger partial charge in [0.05, 0.1) is 24.9 Å². The molecule has 3 saturated heterocycles. The van der Waals surface area contributed by atoms with E-state index in [1.807, 2.05) is 26.0 Å². The van der Waals surface area contributed by atoms with Gasteiger partial charge in [0, 0.05) is 25.2 Å². The van der Waals surface area contributed by atoms with Gasteiger partial charge in [-0.2, -0.15) is 0 Å². The standard InChI is InChI=1S/C36H52O8/c1-20(2)13-24(6)32-25(7)30(37)18-35(44-32)17-28-16-27(43-35)12-11-22(4)14-21(3)9-8-10-26-19-41-33-31(38)23(5)15-29(34(39)42-28)36(26,33)40/h8-11,13,15,20-21,25,27-33,37-38,40H,12,14,16-19H2,1-7H3/t21?,25?,27?,28?,29?,30?,31?,32?,33?,35-,36+/m0/s1. The smallest absolute Gasteiger partial charge is 0.316 e. The van der Waals surface area contributed by atoms with Crippen LogP contribution in [0, 0.1) is 23.7 Å². The SMILES string of the molecule is CC1=CCC2CC(C[C@]3(CC(O)C(C)C(C(C)=CC(C)C)O3)O2)OC(=O)C2C=C(C)C(O)C3OCC(=CC=CC(C)C1)[C@@]23O. The van der Waals surface area contributed by atoms with Crippen LogP contribution in [0.2, 0.25) is 0 Å². The van der Waals surface area contributed by atoms with Crippen molar-refractivity contribution in [2.24, 2.45) is 23.7 Å². The third-order valence-electron chi connectivity index (χ3n) is 10.1. The van der Waals surface area contributed by atoms with E-state index in [4.69, 9.17) is 18.9 Å². The molecule has 0 aromatic rings. The van der Waals surface area contributed by atoms with E-state index in [2.05, 4.69) is 45.9 Å². The van der Waals surface area contributed by atoms with Crippen molar-refractivity contribution in [2.45, 2.75) is 129 Å². The molecule has 1 aliphatic carbocycles. The number of hydrogen-bond acceptors (Lipinski definition) is 8. The molecule has 244 valence electrons. The maximum Gasteiger partial charge on any atom is 0.316 e. The van der Waals surface area contributed by atoms with Gasteiger partial charge in [0.2, 0.25) is 0 Å². The monoisotopic (exact) mass is 612 g/mol. The Hall–Kier alpha value is -2.07.